The molecule has 0 aromatic heterocycles. The predicted molar refractivity (Wildman–Crippen MR) is 57.1 cm³/mol. The lowest BCUT2D eigenvalue weighted by Gasteiger charge is -2.11. The highest BCUT2D eigenvalue weighted by Gasteiger charge is 2.30. The van der Waals surface area contributed by atoms with Crippen LogP contribution in [0.1, 0.15) is 5.56 Å². The smallest absolute Gasteiger partial charge is 0.370 e. The number of guanidine groups is 1. The van der Waals surface area contributed by atoms with Gasteiger partial charge in [-0.1, -0.05) is 18.2 Å². The van der Waals surface area contributed by atoms with Gasteiger partial charge in [-0.15, -0.1) is 0 Å². The number of thioether (sulfide) groups is 1. The molecule has 16 heavy (non-hydrogen) atoms. The molecule has 0 aliphatic rings. The summed E-state index contributed by atoms with van der Waals surface area (Å²) in [6, 6.07) is 6.11. The molecule has 0 saturated heterocycles. The van der Waals surface area contributed by atoms with Gasteiger partial charge in [-0.2, -0.15) is 13.2 Å². The van der Waals surface area contributed by atoms with Crippen LogP contribution < -0.4 is 11.1 Å². The molecule has 88 valence electrons. The van der Waals surface area contributed by atoms with Crippen LogP contribution in [0.4, 0.5) is 13.2 Å². The van der Waals surface area contributed by atoms with E-state index in [1.54, 1.807) is 12.1 Å². The molecule has 0 saturated carbocycles. The standard InChI is InChI=1S/C9H10F3N3S/c10-9(11,12)16-7-4-2-1-3-6(7)5-15-8(13)14/h1-4H,5H2,(H4,13,14,15). The molecule has 3 nitrogen and oxygen atoms in total. The zero-order valence-corrected chi connectivity index (χ0v) is 8.95. The Morgan fingerprint density at radius 1 is 1.38 bits per heavy atom. The van der Waals surface area contributed by atoms with Crippen LogP contribution in [-0.4, -0.2) is 11.5 Å². The molecule has 0 aliphatic carbocycles. The highest BCUT2D eigenvalue weighted by molar-refractivity contribution is 8.00. The van der Waals surface area contributed by atoms with Gasteiger partial charge in [0.1, 0.15) is 0 Å². The summed E-state index contributed by atoms with van der Waals surface area (Å²) in [7, 11) is 0. The van der Waals surface area contributed by atoms with E-state index in [9.17, 15) is 13.2 Å². The molecule has 1 aromatic carbocycles. The van der Waals surface area contributed by atoms with Crippen LogP contribution in [0.25, 0.3) is 0 Å². The number of hydrogen-bond acceptors (Lipinski definition) is 2. The first-order valence-electron chi connectivity index (χ1n) is 4.30. The van der Waals surface area contributed by atoms with E-state index < -0.39 is 5.51 Å². The topological polar surface area (TPSA) is 61.9 Å². The second-order valence-electron chi connectivity index (χ2n) is 2.92. The third-order valence-electron chi connectivity index (χ3n) is 1.67. The third kappa shape index (κ3) is 4.43. The molecular formula is C9H10F3N3S. The molecule has 1 rings (SSSR count). The molecule has 0 fully saturated rings. The molecule has 7 heteroatoms. The molecule has 0 aliphatic heterocycles. The average molecular weight is 249 g/mol. The molecule has 4 N–H and O–H groups in total. The summed E-state index contributed by atoms with van der Waals surface area (Å²) in [6.45, 7) is 0.106. The van der Waals surface area contributed by atoms with E-state index in [4.69, 9.17) is 11.1 Å². The van der Waals surface area contributed by atoms with Gasteiger partial charge in [0.05, 0.1) is 0 Å². The fraction of sp³-hybridized carbons (Fsp3) is 0.222. The van der Waals surface area contributed by atoms with Crippen molar-refractivity contribution in [2.45, 2.75) is 16.9 Å². The zero-order chi connectivity index (χ0) is 12.2. The van der Waals surface area contributed by atoms with Crippen LogP contribution in [0.5, 0.6) is 0 Å². The Balaban J connectivity index is 2.79. The molecule has 0 amide bonds. The maximum atomic E-state index is 12.2. The van der Waals surface area contributed by atoms with Crippen molar-refractivity contribution in [1.82, 2.24) is 5.32 Å². The van der Waals surface area contributed by atoms with Gasteiger partial charge in [0.25, 0.3) is 0 Å². The molecule has 0 heterocycles. The molecule has 0 radical (unpaired) electrons. The highest BCUT2D eigenvalue weighted by Crippen LogP contribution is 2.38. The summed E-state index contributed by atoms with van der Waals surface area (Å²) in [5.74, 6) is -0.271. The number of rotatable bonds is 3. The average Bonchev–Trinajstić information content (AvgIpc) is 2.14. The molecule has 0 spiro atoms. The predicted octanol–water partition coefficient (Wildman–Crippen LogP) is 2.28. The molecule has 0 bridgehead atoms. The Labute approximate surface area is 94.7 Å². The van der Waals surface area contributed by atoms with Gasteiger partial charge < -0.3 is 11.1 Å². The minimum Gasteiger partial charge on any atom is -0.370 e. The highest BCUT2D eigenvalue weighted by atomic mass is 32.2. The van der Waals surface area contributed by atoms with E-state index in [0.717, 1.165) is 0 Å². The first-order chi connectivity index (χ1) is 7.38. The van der Waals surface area contributed by atoms with Crippen molar-refractivity contribution in [3.63, 3.8) is 0 Å². The van der Waals surface area contributed by atoms with Crippen LogP contribution >= 0.6 is 11.8 Å². The first kappa shape index (κ1) is 12.7. The van der Waals surface area contributed by atoms with Gasteiger partial charge in [-0.25, -0.2) is 0 Å². The van der Waals surface area contributed by atoms with Gasteiger partial charge in [-0.3, -0.25) is 5.41 Å². The number of nitrogens with one attached hydrogen (secondary N) is 2. The summed E-state index contributed by atoms with van der Waals surface area (Å²) < 4.78 is 36.6. The lowest BCUT2D eigenvalue weighted by Crippen LogP contribution is -2.29. The Kier molecular flexibility index (Phi) is 4.05. The van der Waals surface area contributed by atoms with Crippen molar-refractivity contribution in [2.24, 2.45) is 5.73 Å². The number of nitrogens with two attached hydrogens (primary N) is 1. The van der Waals surface area contributed by atoms with Gasteiger partial charge in [0, 0.05) is 11.4 Å². The van der Waals surface area contributed by atoms with Crippen LogP contribution in [0.15, 0.2) is 29.2 Å². The minimum atomic E-state index is -4.31. The van der Waals surface area contributed by atoms with Gasteiger partial charge in [-0.05, 0) is 23.4 Å². The fourth-order valence-electron chi connectivity index (χ4n) is 1.06. The second kappa shape index (κ2) is 5.11. The van der Waals surface area contributed by atoms with E-state index in [-0.39, 0.29) is 29.2 Å². The lowest BCUT2D eigenvalue weighted by atomic mass is 10.2. The minimum absolute atomic E-state index is 0.106. The molecular weight excluding hydrogens is 239 g/mol. The van der Waals surface area contributed by atoms with Crippen molar-refractivity contribution < 1.29 is 13.2 Å². The van der Waals surface area contributed by atoms with E-state index in [0.29, 0.717) is 5.56 Å². The van der Waals surface area contributed by atoms with Crippen LogP contribution in [0.2, 0.25) is 0 Å². The van der Waals surface area contributed by atoms with Gasteiger partial charge in [0.15, 0.2) is 5.96 Å². The quantitative estimate of drug-likeness (QED) is 0.437. The Morgan fingerprint density at radius 3 is 2.56 bits per heavy atom. The zero-order valence-electron chi connectivity index (χ0n) is 8.14. The molecule has 1 aromatic rings. The molecule has 0 atom stereocenters. The number of halogens is 3. The fourth-order valence-corrected chi connectivity index (χ4v) is 1.73. The van der Waals surface area contributed by atoms with E-state index in [2.05, 4.69) is 5.32 Å². The number of benzene rings is 1. The second-order valence-corrected chi connectivity index (χ2v) is 4.03. The summed E-state index contributed by atoms with van der Waals surface area (Å²) in [6.07, 6.45) is 0. The van der Waals surface area contributed by atoms with Crippen molar-refractivity contribution in [3.8, 4) is 0 Å². The summed E-state index contributed by atoms with van der Waals surface area (Å²) in [5.41, 5.74) is 1.21. The summed E-state index contributed by atoms with van der Waals surface area (Å²) >= 11 is -0.172. The van der Waals surface area contributed by atoms with E-state index in [1.807, 2.05) is 0 Å². The van der Waals surface area contributed by atoms with E-state index >= 15 is 0 Å². The lowest BCUT2D eigenvalue weighted by molar-refractivity contribution is -0.0328. The van der Waals surface area contributed by atoms with Crippen LogP contribution in [0.3, 0.4) is 0 Å². The third-order valence-corrected chi connectivity index (χ3v) is 2.52. The summed E-state index contributed by atoms with van der Waals surface area (Å²) in [5, 5.41) is 9.40. The monoisotopic (exact) mass is 249 g/mol. The number of hydrogen-bond donors (Lipinski definition) is 3. The van der Waals surface area contributed by atoms with Crippen molar-refractivity contribution in [1.29, 1.82) is 5.41 Å². The van der Waals surface area contributed by atoms with Gasteiger partial charge >= 0.3 is 5.51 Å². The maximum absolute atomic E-state index is 12.2. The maximum Gasteiger partial charge on any atom is 0.446 e. The number of alkyl halides is 3. The van der Waals surface area contributed by atoms with Crippen LogP contribution in [0, 0.1) is 5.41 Å². The van der Waals surface area contributed by atoms with Crippen LogP contribution in [-0.2, 0) is 6.54 Å². The Hall–Kier alpha value is -1.37. The normalized spacial score (nSPS) is 11.2. The summed E-state index contributed by atoms with van der Waals surface area (Å²) in [4.78, 5) is 0.115. The molecule has 0 unspecified atom stereocenters. The van der Waals surface area contributed by atoms with Gasteiger partial charge in [0.2, 0.25) is 0 Å². The SMILES string of the molecule is N=C(N)NCc1ccccc1SC(F)(F)F. The van der Waals surface area contributed by atoms with Crippen molar-refractivity contribution in [2.75, 3.05) is 0 Å². The van der Waals surface area contributed by atoms with Crippen molar-refractivity contribution in [3.05, 3.63) is 29.8 Å². The Morgan fingerprint density at radius 2 is 2.00 bits per heavy atom. The van der Waals surface area contributed by atoms with Crippen molar-refractivity contribution >= 4 is 17.7 Å². The Bertz CT molecular complexity index is 379. The first-order valence-corrected chi connectivity index (χ1v) is 5.11. The largest absolute Gasteiger partial charge is 0.446 e. The van der Waals surface area contributed by atoms with E-state index in [1.165, 1.54) is 12.1 Å².